The molecule has 0 unspecified atom stereocenters. The van der Waals surface area contributed by atoms with E-state index in [0.717, 1.165) is 44.9 Å². The van der Waals surface area contributed by atoms with Crippen LogP contribution in [-0.2, 0) is 47.7 Å². The molecule has 0 saturated carbocycles. The fourth-order valence-electron chi connectivity index (χ4n) is 4.91. The number of ether oxygens (including phenoxy) is 4. The fourth-order valence-corrected chi connectivity index (χ4v) is 4.91. The zero-order chi connectivity index (χ0) is 37.1. The summed E-state index contributed by atoms with van der Waals surface area (Å²) < 4.78 is 20.6. The van der Waals surface area contributed by atoms with Crippen molar-refractivity contribution in [3.63, 3.8) is 0 Å². The first-order valence-electron chi connectivity index (χ1n) is 18.2. The Morgan fingerprint density at radius 1 is 0.460 bits per heavy atom. The van der Waals surface area contributed by atoms with Gasteiger partial charge in [0, 0.05) is 38.8 Å². The van der Waals surface area contributed by atoms with E-state index in [9.17, 15) is 33.9 Å². The van der Waals surface area contributed by atoms with Gasteiger partial charge in [-0.05, 0) is 25.7 Å². The molecule has 5 N–H and O–H groups in total. The molecule has 15 nitrogen and oxygen atoms in total. The monoisotopic (exact) mass is 718 g/mol. The predicted molar refractivity (Wildman–Crippen MR) is 184 cm³/mol. The maximum atomic E-state index is 12.3. The number of carboxylic acid groups (broad SMARTS) is 3. The molecule has 0 fully saturated rings. The van der Waals surface area contributed by atoms with Crippen molar-refractivity contribution in [2.24, 2.45) is 0 Å². The van der Waals surface area contributed by atoms with Crippen LogP contribution in [0.5, 0.6) is 0 Å². The van der Waals surface area contributed by atoms with E-state index in [2.05, 4.69) is 10.6 Å². The van der Waals surface area contributed by atoms with Gasteiger partial charge in [-0.2, -0.15) is 0 Å². The van der Waals surface area contributed by atoms with Gasteiger partial charge in [0.05, 0.1) is 33.0 Å². The normalized spacial score (nSPS) is 11.6. The zero-order valence-corrected chi connectivity index (χ0v) is 29.8. The molecule has 0 aromatic carbocycles. The van der Waals surface area contributed by atoms with Gasteiger partial charge in [0.2, 0.25) is 11.8 Å². The van der Waals surface area contributed by atoms with E-state index < -0.39 is 23.9 Å². The first kappa shape index (κ1) is 46.9. The largest absolute Gasteiger partial charge is 0.481 e. The van der Waals surface area contributed by atoms with Crippen LogP contribution in [0.4, 0.5) is 0 Å². The number of unbranched alkanes of at least 4 members (excludes halogenated alkanes) is 12. The molecule has 0 saturated heterocycles. The first-order valence-corrected chi connectivity index (χ1v) is 18.2. The molecule has 0 spiro atoms. The van der Waals surface area contributed by atoms with Crippen LogP contribution in [0, 0.1) is 0 Å². The SMILES string of the molecule is O=C(O)CCCCCCCCCCCCCCCC(=O)N[C@@H](CCC(=O)CCCOCCOCC(=O)NCCOCCOCC(=O)O)C(=O)O. The number of hydrogen-bond acceptors (Lipinski definition) is 10. The lowest BCUT2D eigenvalue weighted by atomic mass is 10.0. The summed E-state index contributed by atoms with van der Waals surface area (Å²) in [7, 11) is 0. The zero-order valence-electron chi connectivity index (χ0n) is 29.8. The molecule has 0 rings (SSSR count). The molecule has 0 radical (unpaired) electrons. The van der Waals surface area contributed by atoms with Gasteiger partial charge in [-0.3, -0.25) is 19.2 Å². The summed E-state index contributed by atoms with van der Waals surface area (Å²) >= 11 is 0. The van der Waals surface area contributed by atoms with Crippen molar-refractivity contribution < 1.29 is 63.0 Å². The molecule has 0 heterocycles. The van der Waals surface area contributed by atoms with Gasteiger partial charge in [0.15, 0.2) is 0 Å². The lowest BCUT2D eigenvalue weighted by Gasteiger charge is -2.14. The van der Waals surface area contributed by atoms with Gasteiger partial charge >= 0.3 is 17.9 Å². The van der Waals surface area contributed by atoms with E-state index in [1.54, 1.807) is 0 Å². The fraction of sp³-hybridized carbons (Fsp3) is 0.829. The van der Waals surface area contributed by atoms with E-state index in [4.69, 9.17) is 29.2 Å². The second kappa shape index (κ2) is 34.3. The van der Waals surface area contributed by atoms with Crippen molar-refractivity contribution >= 4 is 35.5 Å². The van der Waals surface area contributed by atoms with Crippen molar-refractivity contribution in [3.8, 4) is 0 Å². The van der Waals surface area contributed by atoms with Crippen LogP contribution in [0.1, 0.15) is 122 Å². The van der Waals surface area contributed by atoms with Crippen molar-refractivity contribution in [1.82, 2.24) is 10.6 Å². The summed E-state index contributed by atoms with van der Waals surface area (Å²) in [6.45, 7) is 1.11. The van der Waals surface area contributed by atoms with Crippen LogP contribution in [0.25, 0.3) is 0 Å². The van der Waals surface area contributed by atoms with Gasteiger partial charge in [-0.25, -0.2) is 9.59 Å². The second-order valence-corrected chi connectivity index (χ2v) is 12.2. The number of carbonyl (C=O) groups excluding carboxylic acids is 3. The number of amides is 2. The molecular weight excluding hydrogens is 656 g/mol. The van der Waals surface area contributed by atoms with Crippen LogP contribution in [0.3, 0.4) is 0 Å². The number of rotatable bonds is 38. The Balaban J connectivity index is 3.67. The van der Waals surface area contributed by atoms with Crippen molar-refractivity contribution in [2.45, 2.75) is 128 Å². The van der Waals surface area contributed by atoms with Gasteiger partial charge in [-0.15, -0.1) is 0 Å². The molecule has 0 aromatic rings. The maximum absolute atomic E-state index is 12.3. The average Bonchev–Trinajstić information content (AvgIpc) is 3.06. The Kier molecular flexibility index (Phi) is 32.2. The Labute approximate surface area is 296 Å². The van der Waals surface area contributed by atoms with Crippen LogP contribution in [0.2, 0.25) is 0 Å². The van der Waals surface area contributed by atoms with Crippen molar-refractivity contribution in [3.05, 3.63) is 0 Å². The number of aliphatic carboxylic acids is 3. The molecule has 0 bridgehead atoms. The van der Waals surface area contributed by atoms with Crippen molar-refractivity contribution in [1.29, 1.82) is 0 Å². The smallest absolute Gasteiger partial charge is 0.329 e. The molecule has 2 amide bonds. The molecular formula is C35H62N2O13. The minimum absolute atomic E-state index is 0.0364. The van der Waals surface area contributed by atoms with Gasteiger partial charge in [0.1, 0.15) is 25.0 Å². The number of ketones is 1. The molecule has 15 heteroatoms. The molecule has 50 heavy (non-hydrogen) atoms. The number of carbonyl (C=O) groups is 6. The quantitative estimate of drug-likeness (QED) is 0.0572. The minimum Gasteiger partial charge on any atom is -0.481 e. The molecule has 0 aliphatic carbocycles. The Morgan fingerprint density at radius 3 is 1.50 bits per heavy atom. The Morgan fingerprint density at radius 2 is 0.960 bits per heavy atom. The molecule has 0 aromatic heterocycles. The van der Waals surface area contributed by atoms with Crippen LogP contribution >= 0.6 is 0 Å². The molecule has 0 aliphatic rings. The highest BCUT2D eigenvalue weighted by Gasteiger charge is 2.20. The second-order valence-electron chi connectivity index (χ2n) is 12.2. The third-order valence-electron chi connectivity index (χ3n) is 7.66. The van der Waals surface area contributed by atoms with Crippen molar-refractivity contribution in [2.75, 3.05) is 59.4 Å². The molecule has 1 atom stereocenters. The summed E-state index contributed by atoms with van der Waals surface area (Å²) in [5.41, 5.74) is 0. The molecule has 290 valence electrons. The van der Waals surface area contributed by atoms with Gasteiger partial charge < -0.3 is 44.9 Å². The lowest BCUT2D eigenvalue weighted by Crippen LogP contribution is -2.41. The third-order valence-corrected chi connectivity index (χ3v) is 7.66. The van der Waals surface area contributed by atoms with E-state index >= 15 is 0 Å². The summed E-state index contributed by atoms with van der Waals surface area (Å²) in [6, 6.07) is -1.10. The van der Waals surface area contributed by atoms with Gasteiger partial charge in [-0.1, -0.05) is 70.6 Å². The number of carboxylic acids is 3. The number of nitrogens with one attached hydrogen (secondary N) is 2. The van der Waals surface area contributed by atoms with E-state index in [1.807, 2.05) is 0 Å². The van der Waals surface area contributed by atoms with Crippen LogP contribution in [0.15, 0.2) is 0 Å². The summed E-state index contributed by atoms with van der Waals surface area (Å²) in [6.07, 6.45) is 15.1. The summed E-state index contributed by atoms with van der Waals surface area (Å²) in [4.78, 5) is 68.6. The Bertz CT molecular complexity index is 932. The highest BCUT2D eigenvalue weighted by atomic mass is 16.5. The molecule has 0 aliphatic heterocycles. The predicted octanol–water partition coefficient (Wildman–Crippen LogP) is 3.89. The topological polar surface area (TPSA) is 224 Å². The highest BCUT2D eigenvalue weighted by molar-refractivity contribution is 5.84. The van der Waals surface area contributed by atoms with E-state index in [0.29, 0.717) is 19.4 Å². The van der Waals surface area contributed by atoms with Crippen LogP contribution < -0.4 is 10.6 Å². The highest BCUT2D eigenvalue weighted by Crippen LogP contribution is 2.13. The van der Waals surface area contributed by atoms with E-state index in [1.165, 1.54) is 32.1 Å². The average molecular weight is 719 g/mol. The summed E-state index contributed by atoms with van der Waals surface area (Å²) in [5, 5.41) is 31.7. The lowest BCUT2D eigenvalue weighted by molar-refractivity contribution is -0.143. The third kappa shape index (κ3) is 34.7. The minimum atomic E-state index is -1.16. The van der Waals surface area contributed by atoms with Gasteiger partial charge in [0.25, 0.3) is 0 Å². The first-order chi connectivity index (χ1) is 24.1. The summed E-state index contributed by atoms with van der Waals surface area (Å²) in [5.74, 6) is -3.66. The Hall–Kier alpha value is -3.14. The number of Topliss-reactive ketones (excluding diaryl/α,β-unsaturated/α-hetero) is 1. The standard InChI is InChI=1S/C35H62N2O13/c38-29(15-14-21-47-23-25-49-27-32(40)36-20-22-48-24-26-50-28-34(43)44)18-19-30(35(45)46)37-31(39)16-12-10-8-6-4-2-1-3-5-7-9-11-13-17-33(41)42/h30H,1-28H2,(H,36,40)(H,37,39)(H,41,42)(H,43,44)(H,45,46)/t30-/m0/s1. The maximum Gasteiger partial charge on any atom is 0.329 e. The number of hydrogen-bond donors (Lipinski definition) is 5. The van der Waals surface area contributed by atoms with Crippen LogP contribution in [-0.4, -0.2) is 116 Å². The van der Waals surface area contributed by atoms with E-state index in [-0.39, 0.29) is 102 Å².